The summed E-state index contributed by atoms with van der Waals surface area (Å²) < 4.78 is 18.2. The topological polar surface area (TPSA) is 109 Å². The monoisotopic (exact) mass is 464 g/mol. The molecule has 0 saturated carbocycles. The smallest absolute Gasteiger partial charge is 0.252 e. The Morgan fingerprint density at radius 2 is 1.90 bits per heavy atom. The van der Waals surface area contributed by atoms with Crippen molar-refractivity contribution in [2.24, 2.45) is 5.92 Å². The lowest BCUT2D eigenvalue weighted by atomic mass is 10.1. The highest BCUT2D eigenvalue weighted by atomic mass is 32.1. The van der Waals surface area contributed by atoms with Crippen LogP contribution in [0.4, 0.5) is 10.1 Å². The summed E-state index contributed by atoms with van der Waals surface area (Å²) in [6, 6.07) is 12.0. The number of carbonyl (C=O) groups is 3. The maximum Gasteiger partial charge on any atom is 0.252 e. The van der Waals surface area contributed by atoms with E-state index >= 15 is 0 Å². The van der Waals surface area contributed by atoms with Gasteiger partial charge in [-0.2, -0.15) is 12.6 Å². The number of benzene rings is 2. The first kappa shape index (κ1) is 24.1. The maximum atomic E-state index is 13.2. The first-order valence-corrected chi connectivity index (χ1v) is 9.94. The van der Waals surface area contributed by atoms with Crippen molar-refractivity contribution in [3.8, 4) is 5.75 Å². The molecule has 0 heterocycles. The van der Waals surface area contributed by atoms with Crippen LogP contribution >= 0.6 is 24.8 Å². The number of carbonyl (C=O) groups excluding carboxylic acids is 3. The fourth-order valence-corrected chi connectivity index (χ4v) is 2.88. The Bertz CT molecular complexity index is 943. The van der Waals surface area contributed by atoms with Gasteiger partial charge in [0.05, 0.1) is 18.4 Å². The van der Waals surface area contributed by atoms with E-state index in [0.717, 1.165) is 0 Å². The zero-order chi connectivity index (χ0) is 22.8. The van der Waals surface area contributed by atoms with Crippen molar-refractivity contribution in [3.05, 3.63) is 59.9 Å². The lowest BCUT2D eigenvalue weighted by Crippen LogP contribution is -2.46. The first-order chi connectivity index (χ1) is 14.8. The lowest BCUT2D eigenvalue weighted by Gasteiger charge is -2.19. The number of hydrogen-bond donors (Lipinski definition) is 5. The SMILES string of the molecule is COc1ccc(C(=O)NC(S)C(C=O)CC(=O)NNC(=S)Nc2cccc(F)c2)cc1. The summed E-state index contributed by atoms with van der Waals surface area (Å²) in [6.07, 6.45) is 0.283. The van der Waals surface area contributed by atoms with E-state index in [-0.39, 0.29) is 11.5 Å². The van der Waals surface area contributed by atoms with Crippen molar-refractivity contribution in [2.45, 2.75) is 11.8 Å². The standard InChI is InChI=1S/C20H21FN4O4S2/c1-29-16-7-5-12(6-8-16)18(28)23-19(30)13(11-26)9-17(27)24-25-20(31)22-15-4-2-3-14(21)10-15/h2-8,10-11,13,19,30H,9H2,1H3,(H,23,28)(H,24,27)(H2,22,25,31). The lowest BCUT2D eigenvalue weighted by molar-refractivity contribution is -0.125. The Hall–Kier alpha value is -3.18. The zero-order valence-corrected chi connectivity index (χ0v) is 18.1. The Labute approximate surface area is 189 Å². The van der Waals surface area contributed by atoms with E-state index in [1.807, 2.05) is 0 Å². The Kier molecular flexibility index (Phi) is 9.22. The fraction of sp³-hybridized carbons (Fsp3) is 0.200. The number of amides is 2. The summed E-state index contributed by atoms with van der Waals surface area (Å²) >= 11 is 9.24. The molecular weight excluding hydrogens is 443 g/mol. The van der Waals surface area contributed by atoms with Gasteiger partial charge in [-0.1, -0.05) is 6.07 Å². The van der Waals surface area contributed by atoms with Crippen LogP contribution in [-0.4, -0.2) is 35.7 Å². The van der Waals surface area contributed by atoms with Crippen molar-refractivity contribution in [2.75, 3.05) is 12.4 Å². The van der Waals surface area contributed by atoms with Gasteiger partial charge in [-0.15, -0.1) is 0 Å². The van der Waals surface area contributed by atoms with E-state index in [2.05, 4.69) is 34.1 Å². The average Bonchev–Trinajstić information content (AvgIpc) is 2.76. The molecule has 0 aliphatic rings. The zero-order valence-electron chi connectivity index (χ0n) is 16.4. The normalized spacial score (nSPS) is 12.1. The summed E-state index contributed by atoms with van der Waals surface area (Å²) in [6.45, 7) is 0. The highest BCUT2D eigenvalue weighted by Crippen LogP contribution is 2.14. The molecule has 11 heteroatoms. The molecule has 31 heavy (non-hydrogen) atoms. The molecule has 0 radical (unpaired) electrons. The van der Waals surface area contributed by atoms with Crippen molar-refractivity contribution in [3.63, 3.8) is 0 Å². The van der Waals surface area contributed by atoms with Gasteiger partial charge in [0, 0.05) is 17.7 Å². The minimum atomic E-state index is -0.893. The first-order valence-electron chi connectivity index (χ1n) is 9.02. The summed E-state index contributed by atoms with van der Waals surface area (Å²) in [7, 11) is 1.51. The van der Waals surface area contributed by atoms with Crippen LogP contribution in [0.5, 0.6) is 5.75 Å². The number of anilines is 1. The van der Waals surface area contributed by atoms with Crippen molar-refractivity contribution >= 4 is 53.7 Å². The van der Waals surface area contributed by atoms with Gasteiger partial charge in [-0.3, -0.25) is 20.4 Å². The molecule has 0 bridgehead atoms. The molecule has 2 rings (SSSR count). The second kappa shape index (κ2) is 11.9. The van der Waals surface area contributed by atoms with Crippen LogP contribution in [0.3, 0.4) is 0 Å². The molecule has 2 amide bonds. The fourth-order valence-electron chi connectivity index (χ4n) is 2.42. The molecule has 0 aliphatic heterocycles. The predicted octanol–water partition coefficient (Wildman–Crippen LogP) is 2.04. The molecule has 0 aliphatic carbocycles. The van der Waals surface area contributed by atoms with E-state index in [1.165, 1.54) is 25.3 Å². The van der Waals surface area contributed by atoms with Gasteiger partial charge in [0.2, 0.25) is 5.91 Å². The quantitative estimate of drug-likeness (QED) is 0.134. The third kappa shape index (κ3) is 7.87. The minimum Gasteiger partial charge on any atom is -0.497 e. The Morgan fingerprint density at radius 1 is 1.19 bits per heavy atom. The highest BCUT2D eigenvalue weighted by molar-refractivity contribution is 7.81. The third-order valence-corrected chi connectivity index (χ3v) is 4.75. The van der Waals surface area contributed by atoms with E-state index in [0.29, 0.717) is 23.3 Å². The molecule has 0 aromatic heterocycles. The van der Waals surface area contributed by atoms with Gasteiger partial charge in [-0.05, 0) is 54.7 Å². The molecular formula is C20H21FN4O4S2. The highest BCUT2D eigenvalue weighted by Gasteiger charge is 2.23. The number of thiol groups is 1. The molecule has 2 aromatic rings. The van der Waals surface area contributed by atoms with Crippen molar-refractivity contribution in [1.29, 1.82) is 0 Å². The third-order valence-electron chi connectivity index (χ3n) is 4.03. The molecule has 2 aromatic carbocycles. The average molecular weight is 465 g/mol. The van der Waals surface area contributed by atoms with Gasteiger partial charge >= 0.3 is 0 Å². The van der Waals surface area contributed by atoms with Crippen LogP contribution in [0.15, 0.2) is 48.5 Å². The number of methoxy groups -OCH3 is 1. The van der Waals surface area contributed by atoms with Gasteiger partial charge in [0.1, 0.15) is 17.9 Å². The molecule has 0 saturated heterocycles. The van der Waals surface area contributed by atoms with Crippen LogP contribution in [0, 0.1) is 11.7 Å². The number of thiocarbonyl (C=S) groups is 1. The van der Waals surface area contributed by atoms with Crippen molar-refractivity contribution in [1.82, 2.24) is 16.2 Å². The maximum absolute atomic E-state index is 13.2. The number of aldehydes is 1. The molecule has 0 spiro atoms. The minimum absolute atomic E-state index is 0.0248. The van der Waals surface area contributed by atoms with E-state index < -0.39 is 28.9 Å². The van der Waals surface area contributed by atoms with Gasteiger partial charge in [0.25, 0.3) is 5.91 Å². The van der Waals surface area contributed by atoms with E-state index in [9.17, 15) is 18.8 Å². The van der Waals surface area contributed by atoms with E-state index in [4.69, 9.17) is 17.0 Å². The summed E-state index contributed by atoms with van der Waals surface area (Å²) in [4.78, 5) is 35.8. The molecule has 8 nitrogen and oxygen atoms in total. The van der Waals surface area contributed by atoms with Crippen LogP contribution in [0.1, 0.15) is 16.8 Å². The van der Waals surface area contributed by atoms with Crippen LogP contribution < -0.4 is 26.2 Å². The number of rotatable bonds is 8. The largest absolute Gasteiger partial charge is 0.497 e. The number of nitrogens with one attached hydrogen (secondary N) is 4. The Morgan fingerprint density at radius 3 is 2.52 bits per heavy atom. The second-order valence-corrected chi connectivity index (χ2v) is 7.25. The molecule has 0 fully saturated rings. The van der Waals surface area contributed by atoms with Crippen LogP contribution in [0.25, 0.3) is 0 Å². The van der Waals surface area contributed by atoms with Crippen LogP contribution in [0.2, 0.25) is 0 Å². The second-order valence-electron chi connectivity index (χ2n) is 6.29. The molecule has 2 atom stereocenters. The summed E-state index contributed by atoms with van der Waals surface area (Å²) in [5.74, 6) is -1.75. The number of halogens is 1. The molecule has 2 unspecified atom stereocenters. The summed E-state index contributed by atoms with van der Waals surface area (Å²) in [5.41, 5.74) is 5.53. The van der Waals surface area contributed by atoms with Crippen LogP contribution in [-0.2, 0) is 9.59 Å². The number of hydrazine groups is 1. The molecule has 4 N–H and O–H groups in total. The van der Waals surface area contributed by atoms with Gasteiger partial charge < -0.3 is 20.2 Å². The van der Waals surface area contributed by atoms with Gasteiger partial charge in [0.15, 0.2) is 5.11 Å². The Balaban J connectivity index is 1.81. The number of ether oxygens (including phenoxy) is 1. The van der Waals surface area contributed by atoms with Crippen molar-refractivity contribution < 1.29 is 23.5 Å². The molecule has 164 valence electrons. The van der Waals surface area contributed by atoms with E-state index in [1.54, 1.807) is 30.3 Å². The van der Waals surface area contributed by atoms with Gasteiger partial charge in [-0.25, -0.2) is 4.39 Å². The predicted molar refractivity (Wildman–Crippen MR) is 121 cm³/mol. The number of hydrogen-bond acceptors (Lipinski definition) is 6. The summed E-state index contributed by atoms with van der Waals surface area (Å²) in [5, 5.41) is 4.40.